The van der Waals surface area contributed by atoms with Crippen LogP contribution in [0.2, 0.25) is 0 Å². The third kappa shape index (κ3) is 4.97. The smallest absolute Gasteiger partial charge is 0.325 e. The van der Waals surface area contributed by atoms with Crippen LogP contribution in [0.15, 0.2) is 53.7 Å². The number of nitrogens with zero attached hydrogens (tertiary/aromatic N) is 3. The average molecular weight is 420 g/mol. The Hall–Kier alpha value is -2.81. The molecule has 0 bridgehead atoms. The van der Waals surface area contributed by atoms with E-state index in [1.54, 1.807) is 11.5 Å². The fourth-order valence-electron chi connectivity index (χ4n) is 2.57. The Morgan fingerprint density at radius 2 is 1.69 bits per heavy atom. The number of anilines is 1. The molecule has 1 N–H and O–H groups in total. The summed E-state index contributed by atoms with van der Waals surface area (Å²) >= 11 is 1.22. The highest BCUT2D eigenvalue weighted by molar-refractivity contribution is 8.00. The molecule has 0 aliphatic carbocycles. The Morgan fingerprint density at radius 1 is 1.07 bits per heavy atom. The van der Waals surface area contributed by atoms with Crippen LogP contribution in [-0.4, -0.2) is 25.9 Å². The molecule has 1 amide bonds. The molecule has 9 heteroatoms. The van der Waals surface area contributed by atoms with Gasteiger partial charge in [-0.25, -0.2) is 0 Å². The van der Waals surface area contributed by atoms with E-state index < -0.39 is 17.0 Å². The first-order valence-electron chi connectivity index (χ1n) is 8.76. The first-order valence-corrected chi connectivity index (χ1v) is 9.64. The Labute approximate surface area is 170 Å². The number of benzene rings is 2. The van der Waals surface area contributed by atoms with Crippen molar-refractivity contribution >= 4 is 23.4 Å². The molecule has 5 nitrogen and oxygen atoms in total. The Balaban J connectivity index is 1.66. The summed E-state index contributed by atoms with van der Waals surface area (Å²) in [5.41, 5.74) is 1.59. The van der Waals surface area contributed by atoms with Gasteiger partial charge in [-0.3, -0.25) is 4.79 Å². The van der Waals surface area contributed by atoms with Gasteiger partial charge in [-0.2, -0.15) is 13.2 Å². The Morgan fingerprint density at radius 3 is 2.28 bits per heavy atom. The van der Waals surface area contributed by atoms with Crippen LogP contribution in [0.3, 0.4) is 0 Å². The van der Waals surface area contributed by atoms with Gasteiger partial charge in [-0.1, -0.05) is 41.6 Å². The van der Waals surface area contributed by atoms with Gasteiger partial charge in [0.05, 0.1) is 10.8 Å². The van der Waals surface area contributed by atoms with E-state index >= 15 is 0 Å². The van der Waals surface area contributed by atoms with Crippen molar-refractivity contribution in [1.29, 1.82) is 0 Å². The number of hydrogen-bond acceptors (Lipinski definition) is 4. The standard InChI is InChI=1S/C20H19F3N4OS/c1-12-4-6-14(7-5-12)17-25-26-19(27(17)3)29-13(2)18(28)24-16-10-8-15(9-11-16)20(21,22)23/h4-11,13H,1-3H3,(H,24,28). The van der Waals surface area contributed by atoms with Crippen LogP contribution in [-0.2, 0) is 18.0 Å². The lowest BCUT2D eigenvalue weighted by Gasteiger charge is -2.12. The molecule has 3 rings (SSSR count). The van der Waals surface area contributed by atoms with Crippen LogP contribution in [0.1, 0.15) is 18.1 Å². The molecule has 152 valence electrons. The lowest BCUT2D eigenvalue weighted by molar-refractivity contribution is -0.137. The van der Waals surface area contributed by atoms with E-state index in [2.05, 4.69) is 15.5 Å². The van der Waals surface area contributed by atoms with E-state index in [0.717, 1.165) is 23.3 Å². The third-order valence-electron chi connectivity index (χ3n) is 4.28. The minimum Gasteiger partial charge on any atom is -0.325 e. The number of alkyl halides is 3. The molecule has 1 atom stereocenters. The molecule has 1 heterocycles. The first-order chi connectivity index (χ1) is 13.6. The largest absolute Gasteiger partial charge is 0.416 e. The molecular formula is C20H19F3N4OS. The molecule has 29 heavy (non-hydrogen) atoms. The molecule has 3 aromatic rings. The van der Waals surface area contributed by atoms with Crippen molar-refractivity contribution < 1.29 is 18.0 Å². The summed E-state index contributed by atoms with van der Waals surface area (Å²) in [4.78, 5) is 12.4. The topological polar surface area (TPSA) is 59.8 Å². The van der Waals surface area contributed by atoms with E-state index in [9.17, 15) is 18.0 Å². The van der Waals surface area contributed by atoms with Gasteiger partial charge in [0.15, 0.2) is 11.0 Å². The van der Waals surface area contributed by atoms with Gasteiger partial charge in [0.1, 0.15) is 0 Å². The van der Waals surface area contributed by atoms with Crippen molar-refractivity contribution in [3.05, 3.63) is 59.7 Å². The number of halogens is 3. The summed E-state index contributed by atoms with van der Waals surface area (Å²) in [5.74, 6) is 0.345. The van der Waals surface area contributed by atoms with Gasteiger partial charge in [-0.15, -0.1) is 10.2 Å². The zero-order chi connectivity index (χ0) is 21.2. The van der Waals surface area contributed by atoms with Crippen molar-refractivity contribution in [2.45, 2.75) is 30.4 Å². The number of carbonyl (C=O) groups excluding carboxylic acids is 1. The molecule has 0 radical (unpaired) electrons. The van der Waals surface area contributed by atoms with Gasteiger partial charge in [0.2, 0.25) is 5.91 Å². The van der Waals surface area contributed by atoms with Crippen molar-refractivity contribution in [2.75, 3.05) is 5.32 Å². The molecule has 0 saturated carbocycles. The van der Waals surface area contributed by atoms with Crippen LogP contribution in [0.4, 0.5) is 18.9 Å². The Bertz CT molecular complexity index is 998. The second kappa shape index (κ2) is 8.28. The lowest BCUT2D eigenvalue weighted by Crippen LogP contribution is -2.23. The predicted molar refractivity (Wildman–Crippen MR) is 107 cm³/mol. The summed E-state index contributed by atoms with van der Waals surface area (Å²) in [7, 11) is 1.82. The fraction of sp³-hybridized carbons (Fsp3) is 0.250. The maximum atomic E-state index is 12.6. The van der Waals surface area contributed by atoms with Gasteiger partial charge >= 0.3 is 6.18 Å². The number of aromatic nitrogens is 3. The fourth-order valence-corrected chi connectivity index (χ4v) is 3.38. The highest BCUT2D eigenvalue weighted by Crippen LogP contribution is 2.30. The number of carbonyl (C=O) groups is 1. The molecule has 2 aromatic carbocycles. The Kier molecular flexibility index (Phi) is 5.97. The van der Waals surface area contributed by atoms with Crippen molar-refractivity contribution in [2.24, 2.45) is 7.05 Å². The molecule has 0 saturated heterocycles. The van der Waals surface area contributed by atoms with E-state index in [4.69, 9.17) is 0 Å². The number of rotatable bonds is 5. The van der Waals surface area contributed by atoms with Gasteiger partial charge in [0, 0.05) is 18.3 Å². The maximum Gasteiger partial charge on any atom is 0.416 e. The molecule has 0 aliphatic heterocycles. The van der Waals surface area contributed by atoms with Crippen molar-refractivity contribution in [3.8, 4) is 11.4 Å². The van der Waals surface area contributed by atoms with Gasteiger partial charge in [-0.05, 0) is 38.1 Å². The number of amides is 1. The lowest BCUT2D eigenvalue weighted by atomic mass is 10.1. The normalized spacial score (nSPS) is 12.6. The van der Waals surface area contributed by atoms with Crippen LogP contribution < -0.4 is 5.32 Å². The highest BCUT2D eigenvalue weighted by Gasteiger charge is 2.30. The number of thioether (sulfide) groups is 1. The van der Waals surface area contributed by atoms with Crippen LogP contribution in [0.5, 0.6) is 0 Å². The first kappa shape index (κ1) is 20.9. The van der Waals surface area contributed by atoms with E-state index in [-0.39, 0.29) is 5.91 Å². The van der Waals surface area contributed by atoms with E-state index in [1.807, 2.05) is 38.2 Å². The highest BCUT2D eigenvalue weighted by atomic mass is 32.2. The average Bonchev–Trinajstić information content (AvgIpc) is 3.02. The minimum atomic E-state index is -4.41. The van der Waals surface area contributed by atoms with Crippen LogP contribution in [0.25, 0.3) is 11.4 Å². The van der Waals surface area contributed by atoms with Crippen molar-refractivity contribution in [1.82, 2.24) is 14.8 Å². The van der Waals surface area contributed by atoms with Gasteiger partial charge in [0.25, 0.3) is 0 Å². The monoisotopic (exact) mass is 420 g/mol. The summed E-state index contributed by atoms with van der Waals surface area (Å²) in [5, 5.41) is 11.0. The summed E-state index contributed by atoms with van der Waals surface area (Å²) < 4.78 is 39.7. The summed E-state index contributed by atoms with van der Waals surface area (Å²) in [6.07, 6.45) is -4.41. The quantitative estimate of drug-likeness (QED) is 0.595. The van der Waals surface area contributed by atoms with E-state index in [1.165, 1.54) is 23.9 Å². The maximum absolute atomic E-state index is 12.6. The molecular weight excluding hydrogens is 401 g/mol. The second-order valence-corrected chi connectivity index (χ2v) is 7.86. The third-order valence-corrected chi connectivity index (χ3v) is 5.41. The molecule has 0 aliphatic rings. The molecule has 1 aromatic heterocycles. The number of nitrogens with one attached hydrogen (secondary N) is 1. The number of hydrogen-bond donors (Lipinski definition) is 1. The number of aryl methyl sites for hydroxylation is 1. The van der Waals surface area contributed by atoms with Crippen LogP contribution in [0, 0.1) is 6.92 Å². The second-order valence-electron chi connectivity index (χ2n) is 6.56. The molecule has 0 spiro atoms. The minimum absolute atomic E-state index is 0.300. The summed E-state index contributed by atoms with van der Waals surface area (Å²) in [6, 6.07) is 12.2. The van der Waals surface area contributed by atoms with Crippen molar-refractivity contribution in [3.63, 3.8) is 0 Å². The SMILES string of the molecule is Cc1ccc(-c2nnc(SC(C)C(=O)Nc3ccc(C(F)(F)F)cc3)n2C)cc1. The van der Waals surface area contributed by atoms with E-state index in [0.29, 0.717) is 16.7 Å². The zero-order valence-electron chi connectivity index (χ0n) is 16.0. The predicted octanol–water partition coefficient (Wildman–Crippen LogP) is 4.93. The zero-order valence-corrected chi connectivity index (χ0v) is 16.8. The van der Waals surface area contributed by atoms with Gasteiger partial charge < -0.3 is 9.88 Å². The molecule has 1 unspecified atom stereocenters. The van der Waals surface area contributed by atoms with Crippen LogP contribution >= 0.6 is 11.8 Å². The summed E-state index contributed by atoms with van der Waals surface area (Å²) in [6.45, 7) is 3.70. The molecule has 0 fully saturated rings.